The fourth-order valence-electron chi connectivity index (χ4n) is 2.60. The summed E-state index contributed by atoms with van der Waals surface area (Å²) in [6.45, 7) is 1.84. The van der Waals surface area contributed by atoms with Crippen LogP contribution in [0, 0.1) is 0 Å². The first-order valence-corrected chi connectivity index (χ1v) is 6.28. The summed E-state index contributed by atoms with van der Waals surface area (Å²) < 4.78 is 1.62. The Labute approximate surface area is 108 Å². The van der Waals surface area contributed by atoms with Gasteiger partial charge >= 0.3 is 0 Å². The third-order valence-corrected chi connectivity index (χ3v) is 3.56. The van der Waals surface area contributed by atoms with Crippen molar-refractivity contribution >= 4 is 11.6 Å². The Morgan fingerprint density at radius 2 is 2.16 bits per heavy atom. The lowest BCUT2D eigenvalue weighted by atomic mass is 9.94. The number of nitrogens with zero attached hydrogens (tertiary/aromatic N) is 2. The normalized spacial score (nSPS) is 16.8. The summed E-state index contributed by atoms with van der Waals surface area (Å²) in [5.74, 6) is -0.320. The third kappa shape index (κ3) is 2.01. The lowest BCUT2D eigenvalue weighted by Crippen LogP contribution is -2.28. The molecule has 1 aliphatic rings. The van der Waals surface area contributed by atoms with Gasteiger partial charge in [0.25, 0.3) is 11.5 Å². The summed E-state index contributed by atoms with van der Waals surface area (Å²) in [6.07, 6.45) is 3.30. The predicted octanol–water partition coefficient (Wildman–Crippen LogP) is -0.412. The SMILES string of the molecule is NC(=O)c1cnn2c(C3CCNCC3)cc(=O)[nH]c12. The predicted molar refractivity (Wildman–Crippen MR) is 69.2 cm³/mol. The van der Waals surface area contributed by atoms with E-state index >= 15 is 0 Å². The van der Waals surface area contributed by atoms with E-state index < -0.39 is 5.91 Å². The van der Waals surface area contributed by atoms with E-state index in [0.29, 0.717) is 5.65 Å². The number of amides is 1. The van der Waals surface area contributed by atoms with E-state index in [1.807, 2.05) is 0 Å². The van der Waals surface area contributed by atoms with Crippen LogP contribution < -0.4 is 16.6 Å². The van der Waals surface area contributed by atoms with Crippen molar-refractivity contribution in [1.29, 1.82) is 0 Å². The lowest BCUT2D eigenvalue weighted by Gasteiger charge is -2.23. The Morgan fingerprint density at radius 3 is 2.84 bits per heavy atom. The van der Waals surface area contributed by atoms with Crippen molar-refractivity contribution in [3.8, 4) is 0 Å². The molecule has 7 nitrogen and oxygen atoms in total. The van der Waals surface area contributed by atoms with E-state index in [1.54, 1.807) is 10.6 Å². The van der Waals surface area contributed by atoms with Gasteiger partial charge in [-0.1, -0.05) is 0 Å². The number of nitrogens with two attached hydrogens (primary N) is 1. The standard InChI is InChI=1S/C12H15N5O2/c13-11(19)8-6-15-17-9(5-10(18)16-12(8)17)7-1-3-14-4-2-7/h5-7,14H,1-4H2,(H2,13,19)(H,16,18). The molecule has 0 aliphatic carbocycles. The second kappa shape index (κ2) is 4.51. The van der Waals surface area contributed by atoms with Crippen molar-refractivity contribution in [1.82, 2.24) is 19.9 Å². The van der Waals surface area contributed by atoms with Crippen LogP contribution in [0.3, 0.4) is 0 Å². The fourth-order valence-corrected chi connectivity index (χ4v) is 2.60. The number of fused-ring (bicyclic) bond motifs is 1. The van der Waals surface area contributed by atoms with Gasteiger partial charge in [0.15, 0.2) is 0 Å². The van der Waals surface area contributed by atoms with Crippen LogP contribution in [0.15, 0.2) is 17.1 Å². The van der Waals surface area contributed by atoms with Crippen LogP contribution in [0.5, 0.6) is 0 Å². The highest BCUT2D eigenvalue weighted by molar-refractivity contribution is 5.98. The van der Waals surface area contributed by atoms with Gasteiger partial charge in [0, 0.05) is 12.0 Å². The van der Waals surface area contributed by atoms with Crippen molar-refractivity contribution in [3.05, 3.63) is 33.9 Å². The number of nitrogens with one attached hydrogen (secondary N) is 2. The molecule has 3 heterocycles. The number of aromatic amines is 1. The average Bonchev–Trinajstić information content (AvgIpc) is 2.82. The number of primary amides is 1. The van der Waals surface area contributed by atoms with E-state index in [1.165, 1.54) is 6.20 Å². The highest BCUT2D eigenvalue weighted by atomic mass is 16.1. The summed E-state index contributed by atoms with van der Waals surface area (Å²) in [7, 11) is 0. The molecular formula is C12H15N5O2. The molecule has 1 aliphatic heterocycles. The number of carbonyl (C=O) groups excluding carboxylic acids is 1. The van der Waals surface area contributed by atoms with Gasteiger partial charge in [-0.15, -0.1) is 0 Å². The second-order valence-corrected chi connectivity index (χ2v) is 4.77. The molecule has 0 unspecified atom stereocenters. The van der Waals surface area contributed by atoms with Gasteiger partial charge in [0.05, 0.1) is 11.9 Å². The fraction of sp³-hybridized carbons (Fsp3) is 0.417. The number of aromatic nitrogens is 3. The Morgan fingerprint density at radius 1 is 1.42 bits per heavy atom. The molecule has 19 heavy (non-hydrogen) atoms. The van der Waals surface area contributed by atoms with Crippen molar-refractivity contribution in [2.45, 2.75) is 18.8 Å². The maximum absolute atomic E-state index is 11.8. The second-order valence-electron chi connectivity index (χ2n) is 4.77. The largest absolute Gasteiger partial charge is 0.365 e. The first-order chi connectivity index (χ1) is 9.16. The molecule has 0 radical (unpaired) electrons. The molecule has 7 heteroatoms. The molecular weight excluding hydrogens is 246 g/mol. The summed E-state index contributed by atoms with van der Waals surface area (Å²) >= 11 is 0. The molecule has 1 saturated heterocycles. The summed E-state index contributed by atoms with van der Waals surface area (Å²) in [5.41, 5.74) is 6.51. The molecule has 1 fully saturated rings. The number of hydrogen-bond donors (Lipinski definition) is 3. The smallest absolute Gasteiger partial charge is 0.254 e. The Bertz CT molecular complexity index is 681. The zero-order valence-electron chi connectivity index (χ0n) is 10.3. The molecule has 0 bridgehead atoms. The number of H-pyrrole nitrogens is 1. The quantitative estimate of drug-likeness (QED) is 0.683. The Hall–Kier alpha value is -2.15. The summed E-state index contributed by atoms with van der Waals surface area (Å²) in [6, 6.07) is 1.56. The molecule has 2 aromatic rings. The Balaban J connectivity index is 2.18. The van der Waals surface area contributed by atoms with E-state index in [9.17, 15) is 9.59 Å². The minimum Gasteiger partial charge on any atom is -0.365 e. The van der Waals surface area contributed by atoms with Gasteiger partial charge in [0.1, 0.15) is 11.2 Å². The first-order valence-electron chi connectivity index (χ1n) is 6.28. The molecule has 0 saturated carbocycles. The summed E-state index contributed by atoms with van der Waals surface area (Å²) in [4.78, 5) is 25.7. The van der Waals surface area contributed by atoms with Crippen LogP contribution >= 0.6 is 0 Å². The van der Waals surface area contributed by atoms with Crippen molar-refractivity contribution in [2.75, 3.05) is 13.1 Å². The van der Waals surface area contributed by atoms with Gasteiger partial charge in [-0.05, 0) is 25.9 Å². The average molecular weight is 261 g/mol. The highest BCUT2D eigenvalue weighted by Crippen LogP contribution is 2.24. The topological polar surface area (TPSA) is 105 Å². The van der Waals surface area contributed by atoms with Crippen LogP contribution in [-0.2, 0) is 0 Å². The van der Waals surface area contributed by atoms with Gasteiger partial charge < -0.3 is 16.0 Å². The van der Waals surface area contributed by atoms with Crippen LogP contribution in [-0.4, -0.2) is 33.6 Å². The maximum Gasteiger partial charge on any atom is 0.254 e. The summed E-state index contributed by atoms with van der Waals surface area (Å²) in [5, 5.41) is 7.46. The minimum atomic E-state index is -0.590. The third-order valence-electron chi connectivity index (χ3n) is 3.56. The van der Waals surface area contributed by atoms with Crippen LogP contribution in [0.4, 0.5) is 0 Å². The van der Waals surface area contributed by atoms with Crippen molar-refractivity contribution in [2.24, 2.45) is 5.73 Å². The number of rotatable bonds is 2. The van der Waals surface area contributed by atoms with Crippen molar-refractivity contribution < 1.29 is 4.79 Å². The van der Waals surface area contributed by atoms with Gasteiger partial charge in [0.2, 0.25) is 0 Å². The zero-order valence-corrected chi connectivity index (χ0v) is 10.3. The monoisotopic (exact) mass is 261 g/mol. The molecule has 1 amide bonds. The molecule has 4 N–H and O–H groups in total. The van der Waals surface area contributed by atoms with E-state index in [2.05, 4.69) is 15.4 Å². The maximum atomic E-state index is 11.8. The molecule has 100 valence electrons. The molecule has 0 spiro atoms. The minimum absolute atomic E-state index is 0.232. The van der Waals surface area contributed by atoms with Crippen LogP contribution in [0.2, 0.25) is 0 Å². The number of piperidine rings is 1. The van der Waals surface area contributed by atoms with E-state index in [4.69, 9.17) is 5.73 Å². The zero-order chi connectivity index (χ0) is 13.4. The van der Waals surface area contributed by atoms with Crippen LogP contribution in [0.1, 0.15) is 34.8 Å². The lowest BCUT2D eigenvalue weighted by molar-refractivity contribution is 0.100. The first kappa shape index (κ1) is 11.9. The van der Waals surface area contributed by atoms with Crippen LogP contribution in [0.25, 0.3) is 5.65 Å². The molecule has 3 rings (SSSR count). The Kier molecular flexibility index (Phi) is 2.83. The number of hydrogen-bond acceptors (Lipinski definition) is 4. The van der Waals surface area contributed by atoms with E-state index in [-0.39, 0.29) is 17.0 Å². The van der Waals surface area contributed by atoms with Gasteiger partial charge in [-0.2, -0.15) is 5.10 Å². The molecule has 2 aromatic heterocycles. The van der Waals surface area contributed by atoms with Gasteiger partial charge in [-0.25, -0.2) is 4.52 Å². The number of carbonyl (C=O) groups is 1. The highest BCUT2D eigenvalue weighted by Gasteiger charge is 2.21. The van der Waals surface area contributed by atoms with E-state index in [0.717, 1.165) is 31.6 Å². The van der Waals surface area contributed by atoms with Gasteiger partial charge in [-0.3, -0.25) is 9.59 Å². The molecule has 0 atom stereocenters. The molecule has 0 aromatic carbocycles. The van der Waals surface area contributed by atoms with Crippen molar-refractivity contribution in [3.63, 3.8) is 0 Å².